The molecule has 7 heteroatoms. The Morgan fingerprint density at radius 3 is 2.58 bits per heavy atom. The van der Waals surface area contributed by atoms with Crippen molar-refractivity contribution in [2.24, 2.45) is 0 Å². The minimum atomic E-state index is -3.27. The summed E-state index contributed by atoms with van der Waals surface area (Å²) in [4.78, 5) is 12.9. The molecule has 0 saturated heterocycles. The van der Waals surface area contributed by atoms with Crippen LogP contribution in [0.2, 0.25) is 0 Å². The molecule has 0 radical (unpaired) electrons. The third kappa shape index (κ3) is 3.01. The zero-order valence-corrected chi connectivity index (χ0v) is 14.7. The van der Waals surface area contributed by atoms with Crippen LogP contribution in [0.25, 0.3) is 5.69 Å². The number of hydrogen-bond donors (Lipinski definition) is 1. The monoisotopic (exact) mass is 367 g/mol. The molecule has 1 aliphatic heterocycles. The first-order valence-corrected chi connectivity index (χ1v) is 9.92. The fourth-order valence-electron chi connectivity index (χ4n) is 3.17. The van der Waals surface area contributed by atoms with E-state index in [1.807, 2.05) is 24.4 Å². The molecular weight excluding hydrogens is 350 g/mol. The Morgan fingerprint density at radius 1 is 1.08 bits per heavy atom. The first-order valence-electron chi connectivity index (χ1n) is 8.27. The van der Waals surface area contributed by atoms with Crippen LogP contribution in [0.1, 0.15) is 28.4 Å². The zero-order valence-electron chi connectivity index (χ0n) is 13.9. The highest BCUT2D eigenvalue weighted by Crippen LogP contribution is 2.32. The Balaban J connectivity index is 1.55. The first-order chi connectivity index (χ1) is 12.5. The van der Waals surface area contributed by atoms with Crippen LogP contribution in [-0.2, 0) is 9.84 Å². The normalized spacial score (nSPS) is 18.1. The van der Waals surface area contributed by atoms with Gasteiger partial charge in [0.1, 0.15) is 0 Å². The zero-order chi connectivity index (χ0) is 18.1. The van der Waals surface area contributed by atoms with Crippen molar-refractivity contribution >= 4 is 15.7 Å². The molecule has 0 fully saturated rings. The van der Waals surface area contributed by atoms with E-state index in [-0.39, 0.29) is 17.7 Å². The van der Waals surface area contributed by atoms with Crippen molar-refractivity contribution in [3.63, 3.8) is 0 Å². The van der Waals surface area contributed by atoms with Gasteiger partial charge >= 0.3 is 0 Å². The highest BCUT2D eigenvalue weighted by Gasteiger charge is 2.30. The van der Waals surface area contributed by atoms with Gasteiger partial charge in [-0.05, 0) is 48.4 Å². The standard InChI is InChI=1S/C19H17N3O3S/c23-19(14-6-8-15(9-7-14)22-12-3-11-20-22)21-17-10-13-26(24,25)18-5-2-1-4-16(17)18/h1-9,11-12,17H,10,13H2,(H,21,23). The predicted octanol–water partition coefficient (Wildman–Crippen LogP) is 2.52. The quantitative estimate of drug-likeness (QED) is 0.771. The summed E-state index contributed by atoms with van der Waals surface area (Å²) in [6.45, 7) is 0. The van der Waals surface area contributed by atoms with E-state index in [1.165, 1.54) is 0 Å². The van der Waals surface area contributed by atoms with Gasteiger partial charge in [-0.25, -0.2) is 13.1 Å². The third-order valence-electron chi connectivity index (χ3n) is 4.51. The van der Waals surface area contributed by atoms with Crippen molar-refractivity contribution in [1.82, 2.24) is 15.1 Å². The molecular formula is C19H17N3O3S. The van der Waals surface area contributed by atoms with Crippen LogP contribution in [0.4, 0.5) is 0 Å². The average Bonchev–Trinajstić information content (AvgIpc) is 3.19. The van der Waals surface area contributed by atoms with Gasteiger partial charge in [0.05, 0.1) is 22.4 Å². The van der Waals surface area contributed by atoms with Crippen LogP contribution >= 0.6 is 0 Å². The maximum Gasteiger partial charge on any atom is 0.251 e. The summed E-state index contributed by atoms with van der Waals surface area (Å²) in [5.74, 6) is -0.191. The number of nitrogens with one attached hydrogen (secondary N) is 1. The van der Waals surface area contributed by atoms with Crippen molar-refractivity contribution < 1.29 is 13.2 Å². The molecule has 1 unspecified atom stereocenters. The van der Waals surface area contributed by atoms with Gasteiger partial charge in [0.25, 0.3) is 5.91 Å². The lowest BCUT2D eigenvalue weighted by Gasteiger charge is -2.26. The van der Waals surface area contributed by atoms with E-state index in [0.717, 1.165) is 5.69 Å². The van der Waals surface area contributed by atoms with E-state index in [0.29, 0.717) is 22.4 Å². The molecule has 1 aliphatic rings. The molecule has 2 heterocycles. The second-order valence-corrected chi connectivity index (χ2v) is 8.25. The van der Waals surface area contributed by atoms with Gasteiger partial charge in [-0.15, -0.1) is 0 Å². The van der Waals surface area contributed by atoms with E-state index >= 15 is 0 Å². The van der Waals surface area contributed by atoms with E-state index in [4.69, 9.17) is 0 Å². The molecule has 3 aromatic rings. The van der Waals surface area contributed by atoms with Crippen LogP contribution < -0.4 is 5.32 Å². The molecule has 1 atom stereocenters. The first kappa shape index (κ1) is 16.5. The maximum atomic E-state index is 12.6. The summed E-state index contributed by atoms with van der Waals surface area (Å²) in [5, 5.41) is 7.11. The topological polar surface area (TPSA) is 81.1 Å². The minimum Gasteiger partial charge on any atom is -0.345 e. The number of sulfone groups is 1. The number of aromatic nitrogens is 2. The number of rotatable bonds is 3. The Hall–Kier alpha value is -2.93. The largest absolute Gasteiger partial charge is 0.345 e. The molecule has 6 nitrogen and oxygen atoms in total. The SMILES string of the molecule is O=C(NC1CCS(=O)(=O)c2ccccc21)c1ccc(-n2cccn2)cc1. The molecule has 0 bridgehead atoms. The molecule has 4 rings (SSSR count). The summed E-state index contributed by atoms with van der Waals surface area (Å²) < 4.78 is 26.1. The molecule has 1 amide bonds. The predicted molar refractivity (Wildman–Crippen MR) is 96.9 cm³/mol. The number of benzene rings is 2. The Morgan fingerprint density at radius 2 is 1.85 bits per heavy atom. The lowest BCUT2D eigenvalue weighted by Crippen LogP contribution is -2.33. The van der Waals surface area contributed by atoms with Crippen molar-refractivity contribution in [2.45, 2.75) is 17.4 Å². The van der Waals surface area contributed by atoms with Gasteiger partial charge in [-0.1, -0.05) is 18.2 Å². The summed E-state index contributed by atoms with van der Waals surface area (Å²) >= 11 is 0. The van der Waals surface area contributed by atoms with Gasteiger partial charge in [0, 0.05) is 18.0 Å². The Labute approximate surface area is 151 Å². The van der Waals surface area contributed by atoms with Crippen LogP contribution in [0.15, 0.2) is 71.9 Å². The second-order valence-electron chi connectivity index (χ2n) is 6.17. The van der Waals surface area contributed by atoms with E-state index in [1.54, 1.807) is 47.3 Å². The summed E-state index contributed by atoms with van der Waals surface area (Å²) in [6.07, 6.45) is 3.89. The molecule has 1 aromatic heterocycles. The van der Waals surface area contributed by atoms with Gasteiger partial charge in [0.2, 0.25) is 0 Å². The van der Waals surface area contributed by atoms with Crippen LogP contribution in [-0.4, -0.2) is 29.9 Å². The maximum absolute atomic E-state index is 12.6. The number of fused-ring (bicyclic) bond motifs is 1. The molecule has 2 aromatic carbocycles. The third-order valence-corrected chi connectivity index (χ3v) is 6.32. The van der Waals surface area contributed by atoms with Crippen molar-refractivity contribution in [3.8, 4) is 5.69 Å². The number of carbonyl (C=O) groups excluding carboxylic acids is 1. The molecule has 0 spiro atoms. The van der Waals surface area contributed by atoms with Crippen molar-refractivity contribution in [1.29, 1.82) is 0 Å². The number of hydrogen-bond acceptors (Lipinski definition) is 4. The van der Waals surface area contributed by atoms with Crippen molar-refractivity contribution in [3.05, 3.63) is 78.1 Å². The number of nitrogens with zero attached hydrogens (tertiary/aromatic N) is 2. The van der Waals surface area contributed by atoms with Crippen LogP contribution in [0.5, 0.6) is 0 Å². The summed E-state index contributed by atoms with van der Waals surface area (Å²) in [6, 6.07) is 15.5. The smallest absolute Gasteiger partial charge is 0.251 e. The lowest BCUT2D eigenvalue weighted by molar-refractivity contribution is 0.0934. The van der Waals surface area contributed by atoms with E-state index in [9.17, 15) is 13.2 Å². The Bertz CT molecular complexity index is 1040. The number of amides is 1. The average molecular weight is 367 g/mol. The van der Waals surface area contributed by atoms with E-state index in [2.05, 4.69) is 10.4 Å². The molecule has 0 aliphatic carbocycles. The number of carbonyl (C=O) groups is 1. The molecule has 26 heavy (non-hydrogen) atoms. The fraction of sp³-hybridized carbons (Fsp3) is 0.158. The molecule has 0 saturated carbocycles. The molecule has 1 N–H and O–H groups in total. The van der Waals surface area contributed by atoms with Gasteiger partial charge in [-0.3, -0.25) is 4.79 Å². The van der Waals surface area contributed by atoms with E-state index < -0.39 is 9.84 Å². The second kappa shape index (κ2) is 6.42. The van der Waals surface area contributed by atoms with Gasteiger partial charge in [-0.2, -0.15) is 5.10 Å². The lowest BCUT2D eigenvalue weighted by atomic mass is 10.0. The Kier molecular flexibility index (Phi) is 4.08. The van der Waals surface area contributed by atoms with Crippen molar-refractivity contribution in [2.75, 3.05) is 5.75 Å². The summed E-state index contributed by atoms with van der Waals surface area (Å²) in [5.41, 5.74) is 2.03. The van der Waals surface area contributed by atoms with Crippen LogP contribution in [0.3, 0.4) is 0 Å². The minimum absolute atomic E-state index is 0.0349. The highest BCUT2D eigenvalue weighted by atomic mass is 32.2. The highest BCUT2D eigenvalue weighted by molar-refractivity contribution is 7.91. The van der Waals surface area contributed by atoms with Gasteiger partial charge < -0.3 is 5.32 Å². The van der Waals surface area contributed by atoms with Crippen LogP contribution in [0, 0.1) is 0 Å². The summed E-state index contributed by atoms with van der Waals surface area (Å²) in [7, 11) is -3.27. The molecule has 132 valence electrons. The fourth-order valence-corrected chi connectivity index (χ4v) is 4.79. The van der Waals surface area contributed by atoms with Gasteiger partial charge in [0.15, 0.2) is 9.84 Å².